The van der Waals surface area contributed by atoms with Crippen molar-refractivity contribution >= 4 is 10.9 Å². The maximum Gasteiger partial charge on any atom is 0.128 e. The quantitative estimate of drug-likeness (QED) is 0.820. The molecule has 1 aliphatic carbocycles. The molecule has 2 aromatic rings. The standard InChI is InChI=1S/C17H22N2O2/c1-2-19-17(11-20,13-8-9-13)12-21-16-7-3-6-15-14(16)5-4-10-18-15/h3-7,10,13,19-20H,2,8-9,11-12H2,1H3. The molecule has 0 amide bonds. The van der Waals surface area contributed by atoms with Crippen LogP contribution in [0.3, 0.4) is 0 Å². The van der Waals surface area contributed by atoms with Crippen molar-refractivity contribution in [2.24, 2.45) is 5.92 Å². The molecule has 1 aliphatic rings. The first-order valence-corrected chi connectivity index (χ1v) is 7.61. The predicted octanol–water partition coefficient (Wildman–Crippen LogP) is 2.36. The van der Waals surface area contributed by atoms with E-state index in [0.717, 1.165) is 36.0 Å². The summed E-state index contributed by atoms with van der Waals surface area (Å²) in [4.78, 5) is 4.35. The summed E-state index contributed by atoms with van der Waals surface area (Å²) in [5.41, 5.74) is 0.610. The number of ether oxygens (including phenoxy) is 1. The summed E-state index contributed by atoms with van der Waals surface area (Å²) in [6.45, 7) is 3.48. The highest BCUT2D eigenvalue weighted by molar-refractivity contribution is 5.84. The van der Waals surface area contributed by atoms with Crippen LogP contribution < -0.4 is 10.1 Å². The van der Waals surface area contributed by atoms with Gasteiger partial charge >= 0.3 is 0 Å². The Morgan fingerprint density at radius 3 is 2.90 bits per heavy atom. The Bertz CT molecular complexity index is 607. The van der Waals surface area contributed by atoms with Crippen LogP contribution in [0.2, 0.25) is 0 Å². The number of nitrogens with one attached hydrogen (secondary N) is 1. The van der Waals surface area contributed by atoms with Crippen LogP contribution in [-0.2, 0) is 0 Å². The van der Waals surface area contributed by atoms with Crippen molar-refractivity contribution in [1.29, 1.82) is 0 Å². The molecular weight excluding hydrogens is 264 g/mol. The molecule has 2 N–H and O–H groups in total. The highest BCUT2D eigenvalue weighted by atomic mass is 16.5. The molecule has 0 radical (unpaired) electrons. The van der Waals surface area contributed by atoms with E-state index in [0.29, 0.717) is 12.5 Å². The van der Waals surface area contributed by atoms with Crippen LogP contribution in [0.4, 0.5) is 0 Å². The van der Waals surface area contributed by atoms with Gasteiger partial charge < -0.3 is 15.2 Å². The molecule has 1 aromatic heterocycles. The average molecular weight is 286 g/mol. The van der Waals surface area contributed by atoms with E-state index in [-0.39, 0.29) is 12.1 Å². The maximum absolute atomic E-state index is 9.85. The number of aliphatic hydroxyl groups is 1. The monoisotopic (exact) mass is 286 g/mol. The lowest BCUT2D eigenvalue weighted by atomic mass is 9.95. The predicted molar refractivity (Wildman–Crippen MR) is 83.5 cm³/mol. The summed E-state index contributed by atoms with van der Waals surface area (Å²) in [5, 5.41) is 14.3. The normalized spacial score (nSPS) is 17.6. The summed E-state index contributed by atoms with van der Waals surface area (Å²) in [6.07, 6.45) is 4.11. The molecule has 112 valence electrons. The van der Waals surface area contributed by atoms with Crippen molar-refractivity contribution in [3.63, 3.8) is 0 Å². The number of aromatic nitrogens is 1. The number of fused-ring (bicyclic) bond motifs is 1. The lowest BCUT2D eigenvalue weighted by molar-refractivity contribution is 0.0871. The van der Waals surface area contributed by atoms with Crippen LogP contribution in [-0.4, -0.2) is 35.4 Å². The van der Waals surface area contributed by atoms with Gasteiger partial charge in [0.2, 0.25) is 0 Å². The summed E-state index contributed by atoms with van der Waals surface area (Å²) in [5.74, 6) is 1.34. The van der Waals surface area contributed by atoms with Gasteiger partial charge in [0.25, 0.3) is 0 Å². The number of pyridine rings is 1. The van der Waals surface area contributed by atoms with Crippen molar-refractivity contribution in [3.05, 3.63) is 36.5 Å². The van der Waals surface area contributed by atoms with Gasteiger partial charge in [0.05, 0.1) is 17.7 Å². The van der Waals surface area contributed by atoms with E-state index in [2.05, 4.69) is 17.2 Å². The summed E-state index contributed by atoms with van der Waals surface area (Å²) < 4.78 is 6.07. The van der Waals surface area contributed by atoms with E-state index < -0.39 is 0 Å². The number of nitrogens with zero attached hydrogens (tertiary/aromatic N) is 1. The fraction of sp³-hybridized carbons (Fsp3) is 0.471. The van der Waals surface area contributed by atoms with Gasteiger partial charge in [-0.05, 0) is 49.6 Å². The van der Waals surface area contributed by atoms with Gasteiger partial charge in [-0.1, -0.05) is 13.0 Å². The molecule has 1 atom stereocenters. The topological polar surface area (TPSA) is 54.4 Å². The Kier molecular flexibility index (Phi) is 4.08. The van der Waals surface area contributed by atoms with Crippen LogP contribution in [0.1, 0.15) is 19.8 Å². The van der Waals surface area contributed by atoms with Crippen LogP contribution in [0.25, 0.3) is 10.9 Å². The number of rotatable bonds is 7. The zero-order valence-corrected chi connectivity index (χ0v) is 12.4. The first-order chi connectivity index (χ1) is 10.3. The summed E-state index contributed by atoms with van der Waals surface area (Å²) in [6, 6.07) is 9.83. The van der Waals surface area contributed by atoms with Crippen molar-refractivity contribution in [2.45, 2.75) is 25.3 Å². The molecular formula is C17H22N2O2. The number of aliphatic hydroxyl groups excluding tert-OH is 1. The number of hydrogen-bond acceptors (Lipinski definition) is 4. The van der Waals surface area contributed by atoms with E-state index in [1.165, 1.54) is 0 Å². The molecule has 1 fully saturated rings. The molecule has 1 aromatic carbocycles. The number of likely N-dealkylation sites (N-methyl/N-ethyl adjacent to an activating group) is 1. The lowest BCUT2D eigenvalue weighted by Gasteiger charge is -2.33. The van der Waals surface area contributed by atoms with Crippen LogP contribution >= 0.6 is 0 Å². The Morgan fingerprint density at radius 1 is 1.33 bits per heavy atom. The molecule has 0 bridgehead atoms. The van der Waals surface area contributed by atoms with Gasteiger partial charge in [-0.15, -0.1) is 0 Å². The van der Waals surface area contributed by atoms with Crippen molar-refractivity contribution in [3.8, 4) is 5.75 Å². The second kappa shape index (κ2) is 6.00. The molecule has 0 saturated heterocycles. The van der Waals surface area contributed by atoms with Gasteiger partial charge in [0, 0.05) is 11.6 Å². The van der Waals surface area contributed by atoms with Crippen LogP contribution in [0, 0.1) is 5.92 Å². The summed E-state index contributed by atoms with van der Waals surface area (Å²) >= 11 is 0. The lowest BCUT2D eigenvalue weighted by Crippen LogP contribution is -2.55. The van der Waals surface area contributed by atoms with Crippen molar-refractivity contribution in [2.75, 3.05) is 19.8 Å². The minimum absolute atomic E-state index is 0.106. The average Bonchev–Trinajstić information content (AvgIpc) is 3.37. The zero-order chi connectivity index (χ0) is 14.7. The fourth-order valence-electron chi connectivity index (χ4n) is 2.94. The van der Waals surface area contributed by atoms with Gasteiger partial charge in [0.1, 0.15) is 12.4 Å². The summed E-state index contributed by atoms with van der Waals surface area (Å²) in [7, 11) is 0. The van der Waals surface area contributed by atoms with Crippen molar-refractivity contribution in [1.82, 2.24) is 10.3 Å². The van der Waals surface area contributed by atoms with E-state index in [1.54, 1.807) is 6.20 Å². The highest BCUT2D eigenvalue weighted by Gasteiger charge is 2.45. The van der Waals surface area contributed by atoms with E-state index in [9.17, 15) is 5.11 Å². The Balaban J connectivity index is 1.81. The Morgan fingerprint density at radius 2 is 2.19 bits per heavy atom. The van der Waals surface area contributed by atoms with Crippen LogP contribution in [0.5, 0.6) is 5.75 Å². The maximum atomic E-state index is 9.85. The third kappa shape index (κ3) is 2.87. The molecule has 0 spiro atoms. The van der Waals surface area contributed by atoms with E-state index >= 15 is 0 Å². The second-order valence-corrected chi connectivity index (χ2v) is 5.73. The third-order valence-corrected chi connectivity index (χ3v) is 4.26. The Hall–Kier alpha value is -1.65. The van der Waals surface area contributed by atoms with Crippen LogP contribution in [0.15, 0.2) is 36.5 Å². The smallest absolute Gasteiger partial charge is 0.128 e. The highest BCUT2D eigenvalue weighted by Crippen LogP contribution is 2.40. The zero-order valence-electron chi connectivity index (χ0n) is 12.4. The number of benzene rings is 1. The fourth-order valence-corrected chi connectivity index (χ4v) is 2.94. The van der Waals surface area contributed by atoms with Crippen molar-refractivity contribution < 1.29 is 9.84 Å². The molecule has 3 rings (SSSR count). The van der Waals surface area contributed by atoms with Gasteiger partial charge in [-0.2, -0.15) is 0 Å². The molecule has 1 saturated carbocycles. The van der Waals surface area contributed by atoms with Gasteiger partial charge in [-0.3, -0.25) is 4.98 Å². The van der Waals surface area contributed by atoms with E-state index in [1.807, 2.05) is 30.3 Å². The molecule has 4 nitrogen and oxygen atoms in total. The third-order valence-electron chi connectivity index (χ3n) is 4.26. The molecule has 4 heteroatoms. The molecule has 0 aliphatic heterocycles. The van der Waals surface area contributed by atoms with Gasteiger partial charge in [-0.25, -0.2) is 0 Å². The molecule has 1 heterocycles. The minimum Gasteiger partial charge on any atom is -0.491 e. The first kappa shape index (κ1) is 14.3. The second-order valence-electron chi connectivity index (χ2n) is 5.73. The van der Waals surface area contributed by atoms with Gasteiger partial charge in [0.15, 0.2) is 0 Å². The Labute approximate surface area is 125 Å². The largest absolute Gasteiger partial charge is 0.491 e. The number of hydrogen-bond donors (Lipinski definition) is 2. The SMILES string of the molecule is CCNC(CO)(COc1cccc2ncccc12)C1CC1. The minimum atomic E-state index is -0.320. The first-order valence-electron chi connectivity index (χ1n) is 7.61. The van der Waals surface area contributed by atoms with E-state index in [4.69, 9.17) is 4.74 Å². The molecule has 1 unspecified atom stereocenters. The molecule has 21 heavy (non-hydrogen) atoms.